The first kappa shape index (κ1) is 11.6. The highest BCUT2D eigenvalue weighted by Crippen LogP contribution is 2.10. The summed E-state index contributed by atoms with van der Waals surface area (Å²) in [6.07, 6.45) is 1.27. The maximum Gasteiger partial charge on any atom is 0.338 e. The molecule has 0 amide bonds. The molecule has 1 rings (SSSR count). The summed E-state index contributed by atoms with van der Waals surface area (Å²) in [6.45, 7) is 1.52. The zero-order valence-electron chi connectivity index (χ0n) is 8.43. The molecule has 0 aromatic carbocycles. The van der Waals surface area contributed by atoms with E-state index in [1.54, 1.807) is 0 Å². The van der Waals surface area contributed by atoms with Gasteiger partial charge in [-0.1, -0.05) is 6.92 Å². The van der Waals surface area contributed by atoms with E-state index in [4.69, 9.17) is 0 Å². The van der Waals surface area contributed by atoms with E-state index in [1.807, 2.05) is 0 Å². The van der Waals surface area contributed by atoms with Crippen molar-refractivity contribution in [2.45, 2.75) is 11.9 Å². The van der Waals surface area contributed by atoms with E-state index in [0.29, 0.717) is 0 Å². The minimum Gasteiger partial charge on any atom is -0.465 e. The van der Waals surface area contributed by atoms with Crippen molar-refractivity contribution in [2.24, 2.45) is 0 Å². The minimum atomic E-state index is -3.38. The number of carbonyl (C=O) groups is 1. The maximum absolute atomic E-state index is 11.4. The van der Waals surface area contributed by atoms with Gasteiger partial charge in [-0.15, -0.1) is 0 Å². The second kappa shape index (κ2) is 4.39. The van der Waals surface area contributed by atoms with Crippen molar-refractivity contribution in [1.82, 2.24) is 4.98 Å². The van der Waals surface area contributed by atoms with Gasteiger partial charge < -0.3 is 4.74 Å². The molecule has 0 radical (unpaired) electrons. The maximum atomic E-state index is 11.4. The number of aromatic nitrogens is 1. The molecule has 1 aromatic heterocycles. The molecule has 5 nitrogen and oxygen atoms in total. The van der Waals surface area contributed by atoms with Gasteiger partial charge in [0, 0.05) is 6.20 Å². The van der Waals surface area contributed by atoms with Crippen LogP contribution in [0.4, 0.5) is 0 Å². The van der Waals surface area contributed by atoms with Crippen LogP contribution >= 0.6 is 0 Å². The number of sulfone groups is 1. The second-order valence-electron chi connectivity index (χ2n) is 2.78. The van der Waals surface area contributed by atoms with Crippen LogP contribution < -0.4 is 0 Å². The molecule has 0 N–H and O–H groups in total. The third kappa shape index (κ3) is 2.53. The molecule has 1 aromatic rings. The van der Waals surface area contributed by atoms with Gasteiger partial charge in [0.25, 0.3) is 0 Å². The van der Waals surface area contributed by atoms with Gasteiger partial charge in [0.15, 0.2) is 14.9 Å². The summed E-state index contributed by atoms with van der Waals surface area (Å²) in [5.74, 6) is -0.630. The molecule has 0 bridgehead atoms. The van der Waals surface area contributed by atoms with Crippen molar-refractivity contribution in [2.75, 3.05) is 12.9 Å². The summed E-state index contributed by atoms with van der Waals surface area (Å²) >= 11 is 0. The van der Waals surface area contributed by atoms with Gasteiger partial charge in [0.2, 0.25) is 0 Å². The zero-order valence-corrected chi connectivity index (χ0v) is 9.24. The highest BCUT2D eigenvalue weighted by atomic mass is 32.2. The smallest absolute Gasteiger partial charge is 0.338 e. The molecule has 0 spiro atoms. The molecule has 0 atom stereocenters. The number of esters is 1. The highest BCUT2D eigenvalue weighted by molar-refractivity contribution is 7.91. The molecule has 0 fully saturated rings. The average Bonchev–Trinajstić information content (AvgIpc) is 2.28. The number of hydrogen-bond donors (Lipinski definition) is 0. The fourth-order valence-electron chi connectivity index (χ4n) is 0.972. The average molecular weight is 229 g/mol. The molecule has 0 aliphatic carbocycles. The van der Waals surface area contributed by atoms with Crippen molar-refractivity contribution < 1.29 is 17.9 Å². The quantitative estimate of drug-likeness (QED) is 0.712. The fraction of sp³-hybridized carbons (Fsp3) is 0.333. The van der Waals surface area contributed by atoms with Gasteiger partial charge in [0.05, 0.1) is 18.4 Å². The van der Waals surface area contributed by atoms with Gasteiger partial charge >= 0.3 is 5.97 Å². The molecule has 0 unspecified atom stereocenters. The summed E-state index contributed by atoms with van der Waals surface area (Å²) in [7, 11) is -2.15. The highest BCUT2D eigenvalue weighted by Gasteiger charge is 2.15. The number of nitrogens with zero attached hydrogens (tertiary/aromatic N) is 1. The van der Waals surface area contributed by atoms with E-state index in [0.717, 1.165) is 0 Å². The lowest BCUT2D eigenvalue weighted by Crippen LogP contribution is -2.09. The molecule has 1 heterocycles. The number of hydrogen-bond acceptors (Lipinski definition) is 5. The molecule has 82 valence electrons. The molecule has 0 saturated carbocycles. The Morgan fingerprint density at radius 2 is 2.20 bits per heavy atom. The first-order valence-electron chi connectivity index (χ1n) is 4.28. The SMILES string of the molecule is CCS(=O)(=O)c1cc(C(=O)OC)ccn1. The predicted octanol–water partition coefficient (Wildman–Crippen LogP) is 0.662. The van der Waals surface area contributed by atoms with Crippen molar-refractivity contribution in [3.63, 3.8) is 0 Å². The predicted molar refractivity (Wildman–Crippen MR) is 53.3 cm³/mol. The van der Waals surface area contributed by atoms with Crippen LogP contribution in [0.1, 0.15) is 17.3 Å². The Morgan fingerprint density at radius 1 is 1.53 bits per heavy atom. The van der Waals surface area contributed by atoms with Crippen LogP contribution in [0.15, 0.2) is 23.4 Å². The summed E-state index contributed by atoms with van der Waals surface area (Å²) in [4.78, 5) is 14.8. The van der Waals surface area contributed by atoms with Crippen LogP contribution in [0.2, 0.25) is 0 Å². The van der Waals surface area contributed by atoms with Crippen LogP contribution in [0.5, 0.6) is 0 Å². The van der Waals surface area contributed by atoms with Crippen molar-refractivity contribution in [1.29, 1.82) is 0 Å². The molecule has 0 aliphatic rings. The van der Waals surface area contributed by atoms with E-state index in [-0.39, 0.29) is 16.3 Å². The summed E-state index contributed by atoms with van der Waals surface area (Å²) in [6, 6.07) is 2.62. The zero-order chi connectivity index (χ0) is 11.5. The van der Waals surface area contributed by atoms with Gasteiger partial charge in [-0.2, -0.15) is 0 Å². The van der Waals surface area contributed by atoms with E-state index < -0.39 is 15.8 Å². The van der Waals surface area contributed by atoms with E-state index in [9.17, 15) is 13.2 Å². The summed E-state index contributed by atoms with van der Waals surface area (Å²) < 4.78 is 27.4. The lowest BCUT2D eigenvalue weighted by molar-refractivity contribution is 0.0600. The van der Waals surface area contributed by atoms with E-state index >= 15 is 0 Å². The second-order valence-corrected chi connectivity index (χ2v) is 5.00. The van der Waals surface area contributed by atoms with Crippen LogP contribution in [-0.2, 0) is 14.6 Å². The monoisotopic (exact) mass is 229 g/mol. The Hall–Kier alpha value is -1.43. The first-order chi connectivity index (χ1) is 7.01. The molecular weight excluding hydrogens is 218 g/mol. The first-order valence-corrected chi connectivity index (χ1v) is 5.93. The summed E-state index contributed by atoms with van der Waals surface area (Å²) in [5.41, 5.74) is 0.180. The largest absolute Gasteiger partial charge is 0.465 e. The van der Waals surface area contributed by atoms with Gasteiger partial charge in [-0.25, -0.2) is 18.2 Å². The van der Waals surface area contributed by atoms with Gasteiger partial charge in [0.1, 0.15) is 0 Å². The Bertz CT molecular complexity index is 467. The Labute approximate surface area is 88.0 Å². The van der Waals surface area contributed by atoms with Gasteiger partial charge in [-0.3, -0.25) is 0 Å². The number of rotatable bonds is 3. The van der Waals surface area contributed by atoms with Crippen LogP contribution in [0.25, 0.3) is 0 Å². The number of pyridine rings is 1. The molecule has 6 heteroatoms. The molecular formula is C9H11NO4S. The lowest BCUT2D eigenvalue weighted by atomic mass is 10.3. The van der Waals surface area contributed by atoms with Crippen LogP contribution in [0.3, 0.4) is 0 Å². The Balaban J connectivity index is 3.20. The van der Waals surface area contributed by atoms with Gasteiger partial charge in [-0.05, 0) is 12.1 Å². The lowest BCUT2D eigenvalue weighted by Gasteiger charge is -2.02. The standard InChI is InChI=1S/C9H11NO4S/c1-3-15(12,13)8-6-7(4-5-10-8)9(11)14-2/h4-6H,3H2,1-2H3. The molecule has 0 saturated heterocycles. The molecule has 0 aliphatic heterocycles. The Morgan fingerprint density at radius 3 is 2.73 bits per heavy atom. The topological polar surface area (TPSA) is 73.3 Å². The van der Waals surface area contributed by atoms with Crippen molar-refractivity contribution in [3.05, 3.63) is 23.9 Å². The Kier molecular flexibility index (Phi) is 3.41. The van der Waals surface area contributed by atoms with Crippen LogP contribution in [0, 0.1) is 0 Å². The van der Waals surface area contributed by atoms with E-state index in [2.05, 4.69) is 9.72 Å². The van der Waals surface area contributed by atoms with Crippen LogP contribution in [-0.4, -0.2) is 32.2 Å². The third-order valence-electron chi connectivity index (χ3n) is 1.85. The van der Waals surface area contributed by atoms with Crippen molar-refractivity contribution in [3.8, 4) is 0 Å². The minimum absolute atomic E-state index is 0.0510. The summed E-state index contributed by atoms with van der Waals surface area (Å²) in [5, 5.41) is -0.104. The normalized spacial score (nSPS) is 11.1. The molecule has 15 heavy (non-hydrogen) atoms. The van der Waals surface area contributed by atoms with E-state index in [1.165, 1.54) is 32.4 Å². The fourth-order valence-corrected chi connectivity index (χ4v) is 1.80. The third-order valence-corrected chi connectivity index (χ3v) is 3.48. The number of ether oxygens (including phenoxy) is 1. The van der Waals surface area contributed by atoms with Crippen molar-refractivity contribution >= 4 is 15.8 Å². The number of methoxy groups -OCH3 is 1. The number of carbonyl (C=O) groups excluding carboxylic acids is 1.